The maximum Gasteiger partial charge on any atom is 0.227 e. The highest BCUT2D eigenvalue weighted by Gasteiger charge is 2.16. The van der Waals surface area contributed by atoms with Gasteiger partial charge in [0, 0.05) is 42.1 Å². The number of hydrogen-bond donors (Lipinski definition) is 0. The van der Waals surface area contributed by atoms with Crippen LogP contribution in [0.1, 0.15) is 0 Å². The van der Waals surface area contributed by atoms with Crippen molar-refractivity contribution in [2.45, 2.75) is 0 Å². The number of nitrogens with zero attached hydrogens (tertiary/aromatic N) is 1. The van der Waals surface area contributed by atoms with E-state index < -0.39 is 0 Å². The van der Waals surface area contributed by atoms with Gasteiger partial charge in [-0.1, -0.05) is 121 Å². The molecule has 9 aromatic rings. The van der Waals surface area contributed by atoms with Gasteiger partial charge in [0.2, 0.25) is 5.71 Å². The molecule has 0 aliphatic heterocycles. The highest BCUT2D eigenvalue weighted by Crippen LogP contribution is 2.41. The predicted molar refractivity (Wildman–Crippen MR) is 186 cm³/mol. The molecule has 0 bridgehead atoms. The van der Waals surface area contributed by atoms with Gasteiger partial charge in [0.05, 0.1) is 5.69 Å². The molecule has 0 atom stereocenters. The second-order valence-corrected chi connectivity index (χ2v) is 12.2. The van der Waals surface area contributed by atoms with E-state index in [0.29, 0.717) is 5.71 Å². The Labute approximate surface area is 258 Å². The fraction of sp³-hybridized carbons (Fsp3) is 0. The van der Waals surface area contributed by atoms with E-state index in [1.165, 1.54) is 42.4 Å². The Morgan fingerprint density at radius 1 is 0.432 bits per heavy atom. The van der Waals surface area contributed by atoms with Crippen LogP contribution < -0.4 is 0 Å². The third-order valence-electron chi connectivity index (χ3n) is 8.52. The lowest BCUT2D eigenvalue weighted by Crippen LogP contribution is -1.85. The van der Waals surface area contributed by atoms with Crippen LogP contribution in [0.15, 0.2) is 156 Å². The summed E-state index contributed by atoms with van der Waals surface area (Å²) in [5.74, 6) is 0. The number of thiophene rings is 1. The number of para-hydroxylation sites is 1. The average molecular weight is 580 g/mol. The van der Waals surface area contributed by atoms with Crippen LogP contribution in [0, 0.1) is 0 Å². The zero-order valence-electron chi connectivity index (χ0n) is 23.7. The lowest BCUT2D eigenvalue weighted by molar-refractivity contribution is 0.655. The van der Waals surface area contributed by atoms with Gasteiger partial charge < -0.3 is 4.42 Å². The summed E-state index contributed by atoms with van der Waals surface area (Å²) in [6.07, 6.45) is 0. The van der Waals surface area contributed by atoms with Gasteiger partial charge in [0.1, 0.15) is 5.58 Å². The summed E-state index contributed by atoms with van der Waals surface area (Å²) in [5.41, 5.74) is 10.5. The van der Waals surface area contributed by atoms with Crippen LogP contribution in [0.2, 0.25) is 0 Å². The summed E-state index contributed by atoms with van der Waals surface area (Å²) < 4.78 is 9.17. The van der Waals surface area contributed by atoms with Crippen molar-refractivity contribution in [3.63, 3.8) is 0 Å². The number of benzene rings is 6. The van der Waals surface area contributed by atoms with Crippen molar-refractivity contribution in [3.8, 4) is 44.6 Å². The Morgan fingerprint density at radius 3 is 1.95 bits per heavy atom. The quantitative estimate of drug-likeness (QED) is 0.207. The second-order valence-electron chi connectivity index (χ2n) is 11.1. The molecule has 0 unspecified atom stereocenters. The highest BCUT2D eigenvalue weighted by atomic mass is 32.1. The minimum atomic E-state index is 0.654. The van der Waals surface area contributed by atoms with Gasteiger partial charge in [0.15, 0.2) is 0 Å². The van der Waals surface area contributed by atoms with E-state index in [0.717, 1.165) is 38.7 Å². The fourth-order valence-corrected chi connectivity index (χ4v) is 7.62. The molecule has 206 valence electrons. The zero-order chi connectivity index (χ0) is 29.0. The largest absolute Gasteiger partial charge is 0.437 e. The lowest BCUT2D eigenvalue weighted by atomic mass is 9.97. The topological polar surface area (TPSA) is 26.0 Å². The predicted octanol–water partition coefficient (Wildman–Crippen LogP) is 12.0. The van der Waals surface area contributed by atoms with Crippen LogP contribution in [0.5, 0.6) is 0 Å². The molecule has 44 heavy (non-hydrogen) atoms. The molecule has 3 heteroatoms. The number of rotatable bonds is 4. The summed E-state index contributed by atoms with van der Waals surface area (Å²) >= 11 is 1.86. The number of aromatic nitrogens is 1. The van der Waals surface area contributed by atoms with Gasteiger partial charge in [-0.05, 0) is 58.1 Å². The van der Waals surface area contributed by atoms with E-state index in [-0.39, 0.29) is 0 Å². The zero-order valence-corrected chi connectivity index (χ0v) is 24.5. The van der Waals surface area contributed by atoms with Crippen molar-refractivity contribution < 1.29 is 4.42 Å². The summed E-state index contributed by atoms with van der Waals surface area (Å²) in [5, 5.41) is 4.72. The first-order valence-electron chi connectivity index (χ1n) is 14.8. The first kappa shape index (κ1) is 25.0. The van der Waals surface area contributed by atoms with E-state index in [1.807, 2.05) is 17.4 Å². The number of fused-ring (bicyclic) bond motifs is 6. The number of furan rings is 1. The average Bonchev–Trinajstić information content (AvgIpc) is 3.67. The normalized spacial score (nSPS) is 11.6. The SMILES string of the molecule is c1ccc(-c2cccc(-c3cccc4c3oc3nc(-c5cccc(-c6cccc7c6sc6ccccc67)c5)ccc34)c2)cc1. The van der Waals surface area contributed by atoms with Gasteiger partial charge in [0.25, 0.3) is 0 Å². The molecule has 0 amide bonds. The number of pyridine rings is 1. The summed E-state index contributed by atoms with van der Waals surface area (Å²) in [4.78, 5) is 5.05. The molecular formula is C41H25NOS. The molecule has 0 N–H and O–H groups in total. The smallest absolute Gasteiger partial charge is 0.227 e. The monoisotopic (exact) mass is 579 g/mol. The van der Waals surface area contributed by atoms with Gasteiger partial charge >= 0.3 is 0 Å². The molecule has 0 saturated carbocycles. The summed E-state index contributed by atoms with van der Waals surface area (Å²) in [7, 11) is 0. The second kappa shape index (κ2) is 10.0. The molecular weight excluding hydrogens is 555 g/mol. The first-order chi connectivity index (χ1) is 21.8. The van der Waals surface area contributed by atoms with Crippen molar-refractivity contribution in [2.75, 3.05) is 0 Å². The molecule has 3 heterocycles. The van der Waals surface area contributed by atoms with Crippen molar-refractivity contribution in [3.05, 3.63) is 152 Å². The van der Waals surface area contributed by atoms with Crippen molar-refractivity contribution in [1.82, 2.24) is 4.98 Å². The van der Waals surface area contributed by atoms with Crippen LogP contribution in [-0.4, -0.2) is 4.98 Å². The van der Waals surface area contributed by atoms with E-state index in [2.05, 4.69) is 146 Å². The maximum absolute atomic E-state index is 6.54. The number of hydrogen-bond acceptors (Lipinski definition) is 3. The standard InChI is InChI=1S/C41H25NOS/c1-2-10-26(11-3-1)27-12-6-13-28(24-27)31-17-8-19-34-36-22-23-37(42-41(36)43-39(31)34)30-15-7-14-29(25-30)32-18-9-20-35-33-16-4-5-21-38(33)44-40(32)35/h1-25H. The maximum atomic E-state index is 6.54. The van der Waals surface area contributed by atoms with Gasteiger partial charge in [-0.2, -0.15) is 0 Å². The summed E-state index contributed by atoms with van der Waals surface area (Å²) in [6.45, 7) is 0. The summed E-state index contributed by atoms with van der Waals surface area (Å²) in [6, 6.07) is 53.7. The van der Waals surface area contributed by atoms with Crippen LogP contribution in [0.25, 0.3) is 86.9 Å². The molecule has 0 aliphatic carbocycles. The lowest BCUT2D eigenvalue weighted by Gasteiger charge is -2.07. The van der Waals surface area contributed by atoms with E-state index in [9.17, 15) is 0 Å². The molecule has 9 rings (SSSR count). The van der Waals surface area contributed by atoms with Crippen LogP contribution in [-0.2, 0) is 0 Å². The van der Waals surface area contributed by atoms with Gasteiger partial charge in [-0.3, -0.25) is 0 Å². The van der Waals surface area contributed by atoms with Crippen molar-refractivity contribution in [2.24, 2.45) is 0 Å². The third-order valence-corrected chi connectivity index (χ3v) is 9.74. The Hall–Kier alpha value is -5.51. The molecule has 2 nitrogen and oxygen atoms in total. The molecule has 0 radical (unpaired) electrons. The molecule has 0 spiro atoms. The van der Waals surface area contributed by atoms with Gasteiger partial charge in [-0.25, -0.2) is 4.98 Å². The Kier molecular flexibility index (Phi) is 5.71. The third kappa shape index (κ3) is 4.05. The van der Waals surface area contributed by atoms with E-state index in [4.69, 9.17) is 9.40 Å². The molecule has 0 saturated heterocycles. The highest BCUT2D eigenvalue weighted by molar-refractivity contribution is 7.26. The fourth-order valence-electron chi connectivity index (χ4n) is 6.38. The van der Waals surface area contributed by atoms with Gasteiger partial charge in [-0.15, -0.1) is 11.3 Å². The van der Waals surface area contributed by atoms with Crippen LogP contribution in [0.4, 0.5) is 0 Å². The van der Waals surface area contributed by atoms with Crippen molar-refractivity contribution >= 4 is 53.6 Å². The Balaban J connectivity index is 1.14. The minimum absolute atomic E-state index is 0.654. The molecule has 6 aromatic carbocycles. The Morgan fingerprint density at radius 2 is 1.07 bits per heavy atom. The van der Waals surface area contributed by atoms with E-state index >= 15 is 0 Å². The minimum Gasteiger partial charge on any atom is -0.437 e. The first-order valence-corrected chi connectivity index (χ1v) is 15.6. The van der Waals surface area contributed by atoms with Crippen LogP contribution in [0.3, 0.4) is 0 Å². The molecule has 3 aromatic heterocycles. The van der Waals surface area contributed by atoms with Crippen LogP contribution >= 0.6 is 11.3 Å². The Bertz CT molecular complexity index is 2500. The van der Waals surface area contributed by atoms with Crippen molar-refractivity contribution in [1.29, 1.82) is 0 Å². The van der Waals surface area contributed by atoms with E-state index in [1.54, 1.807) is 0 Å². The molecule has 0 fully saturated rings. The molecule has 0 aliphatic rings.